The van der Waals surface area contributed by atoms with Crippen molar-refractivity contribution < 1.29 is 9.53 Å². The van der Waals surface area contributed by atoms with Gasteiger partial charge >= 0.3 is 0 Å². The third kappa shape index (κ3) is 4.70. The minimum absolute atomic E-state index is 0.0379. The molecule has 5 heteroatoms. The average Bonchev–Trinajstić information content (AvgIpc) is 2.52. The first-order valence-electron chi connectivity index (χ1n) is 7.66. The Bertz CT molecular complexity index is 679. The normalized spacial score (nSPS) is 10.8. The van der Waals surface area contributed by atoms with Gasteiger partial charge in [-0.15, -0.1) is 0 Å². The minimum atomic E-state index is -0.122. The number of nitrogens with one attached hydrogen (secondary N) is 2. The quantitative estimate of drug-likeness (QED) is 0.733. The Morgan fingerprint density at radius 2 is 2.14 bits per heavy atom. The fourth-order valence-electron chi connectivity index (χ4n) is 2.26. The lowest BCUT2D eigenvalue weighted by atomic mass is 10.1. The highest BCUT2D eigenvalue weighted by Gasteiger charge is 2.06. The van der Waals surface area contributed by atoms with Crippen LogP contribution in [0.3, 0.4) is 0 Å². The summed E-state index contributed by atoms with van der Waals surface area (Å²) in [6.45, 7) is 3.90. The Labute approximate surface area is 129 Å². The Balaban J connectivity index is 1.85. The molecule has 1 amide bonds. The molecule has 2 rings (SSSR count). The van der Waals surface area contributed by atoms with Crippen LogP contribution in [-0.2, 0) is 16.0 Å². The molecule has 118 valence electrons. The first kappa shape index (κ1) is 16.2. The molecule has 0 unspecified atom stereocenters. The molecule has 0 aliphatic carbocycles. The third-order valence-electron chi connectivity index (χ3n) is 3.44. The van der Waals surface area contributed by atoms with Crippen LogP contribution >= 0.6 is 0 Å². The number of hydrogen-bond acceptors (Lipinski definition) is 3. The SMILES string of the molecule is CCOCCCNC(=O)CCc1cc2ccccc2[nH]c1=O. The molecule has 0 aliphatic heterocycles. The first-order chi connectivity index (χ1) is 10.7. The van der Waals surface area contributed by atoms with Crippen molar-refractivity contribution in [2.24, 2.45) is 0 Å². The molecular formula is C17H22N2O3. The van der Waals surface area contributed by atoms with E-state index in [9.17, 15) is 9.59 Å². The summed E-state index contributed by atoms with van der Waals surface area (Å²) in [5.41, 5.74) is 1.34. The number of amides is 1. The summed E-state index contributed by atoms with van der Waals surface area (Å²) in [4.78, 5) is 26.6. The van der Waals surface area contributed by atoms with Gasteiger partial charge in [0.15, 0.2) is 0 Å². The van der Waals surface area contributed by atoms with E-state index >= 15 is 0 Å². The number of ether oxygens (including phenoxy) is 1. The van der Waals surface area contributed by atoms with Gasteiger partial charge in [-0.1, -0.05) is 18.2 Å². The maximum Gasteiger partial charge on any atom is 0.251 e. The highest BCUT2D eigenvalue weighted by molar-refractivity contribution is 5.79. The van der Waals surface area contributed by atoms with E-state index in [1.807, 2.05) is 37.3 Å². The van der Waals surface area contributed by atoms with Gasteiger partial charge in [-0.05, 0) is 37.3 Å². The molecule has 1 aromatic heterocycles. The Hall–Kier alpha value is -2.14. The number of aryl methyl sites for hydroxylation is 1. The summed E-state index contributed by atoms with van der Waals surface area (Å²) in [6, 6.07) is 9.48. The lowest BCUT2D eigenvalue weighted by molar-refractivity contribution is -0.121. The number of rotatable bonds is 8. The summed E-state index contributed by atoms with van der Waals surface area (Å²) in [7, 11) is 0. The van der Waals surface area contributed by atoms with E-state index < -0.39 is 0 Å². The number of benzene rings is 1. The molecule has 0 fully saturated rings. The predicted molar refractivity (Wildman–Crippen MR) is 87.0 cm³/mol. The highest BCUT2D eigenvalue weighted by Crippen LogP contribution is 2.10. The molecular weight excluding hydrogens is 280 g/mol. The van der Waals surface area contributed by atoms with Gasteiger partial charge < -0.3 is 15.0 Å². The van der Waals surface area contributed by atoms with Gasteiger partial charge in [0.2, 0.25) is 5.91 Å². The van der Waals surface area contributed by atoms with Crippen LogP contribution in [0.1, 0.15) is 25.3 Å². The maximum atomic E-state index is 12.0. The van der Waals surface area contributed by atoms with E-state index in [0.717, 1.165) is 17.3 Å². The van der Waals surface area contributed by atoms with Gasteiger partial charge in [0, 0.05) is 37.3 Å². The van der Waals surface area contributed by atoms with Gasteiger partial charge in [-0.2, -0.15) is 0 Å². The fourth-order valence-corrected chi connectivity index (χ4v) is 2.26. The van der Waals surface area contributed by atoms with Crippen LogP contribution in [0.15, 0.2) is 35.1 Å². The molecule has 0 radical (unpaired) electrons. The number of hydrogen-bond donors (Lipinski definition) is 2. The molecule has 0 atom stereocenters. The van der Waals surface area contributed by atoms with Gasteiger partial charge in [0.05, 0.1) is 0 Å². The molecule has 2 N–H and O–H groups in total. The summed E-state index contributed by atoms with van der Waals surface area (Å²) in [6.07, 6.45) is 1.56. The number of aromatic amines is 1. The van der Waals surface area contributed by atoms with Crippen molar-refractivity contribution in [1.29, 1.82) is 0 Å². The van der Waals surface area contributed by atoms with E-state index in [1.165, 1.54) is 0 Å². The van der Waals surface area contributed by atoms with Gasteiger partial charge in [0.25, 0.3) is 5.56 Å². The summed E-state index contributed by atoms with van der Waals surface area (Å²) >= 11 is 0. The van der Waals surface area contributed by atoms with E-state index in [-0.39, 0.29) is 11.5 Å². The largest absolute Gasteiger partial charge is 0.382 e. The zero-order valence-electron chi connectivity index (χ0n) is 12.9. The molecule has 0 spiro atoms. The monoisotopic (exact) mass is 302 g/mol. The van der Waals surface area contributed by atoms with Crippen LogP contribution in [0.25, 0.3) is 10.9 Å². The summed E-state index contributed by atoms with van der Waals surface area (Å²) < 4.78 is 5.20. The van der Waals surface area contributed by atoms with E-state index in [1.54, 1.807) is 0 Å². The molecule has 1 heterocycles. The van der Waals surface area contributed by atoms with Gasteiger partial charge in [-0.3, -0.25) is 9.59 Å². The Kier molecular flexibility index (Phi) is 6.15. The second-order valence-corrected chi connectivity index (χ2v) is 5.11. The van der Waals surface area contributed by atoms with Crippen LogP contribution in [0.2, 0.25) is 0 Å². The molecule has 0 saturated carbocycles. The first-order valence-corrected chi connectivity index (χ1v) is 7.66. The number of fused-ring (bicyclic) bond motifs is 1. The molecule has 1 aromatic carbocycles. The summed E-state index contributed by atoms with van der Waals surface area (Å²) in [5, 5.41) is 3.82. The zero-order chi connectivity index (χ0) is 15.8. The lowest BCUT2D eigenvalue weighted by Gasteiger charge is -2.06. The Morgan fingerprint density at radius 3 is 2.95 bits per heavy atom. The standard InChI is InChI=1S/C17H22N2O3/c1-2-22-11-5-10-18-16(20)9-8-14-12-13-6-3-4-7-15(13)19-17(14)21/h3-4,6-7,12H,2,5,8-11H2,1H3,(H,18,20)(H,19,21). The van der Waals surface area contributed by atoms with E-state index in [2.05, 4.69) is 10.3 Å². The van der Waals surface area contributed by atoms with Crippen molar-refractivity contribution in [2.45, 2.75) is 26.2 Å². The van der Waals surface area contributed by atoms with Crippen LogP contribution < -0.4 is 10.9 Å². The Morgan fingerprint density at radius 1 is 1.32 bits per heavy atom. The fraction of sp³-hybridized carbons (Fsp3) is 0.412. The van der Waals surface area contributed by atoms with Gasteiger partial charge in [-0.25, -0.2) is 0 Å². The average molecular weight is 302 g/mol. The number of aromatic nitrogens is 1. The number of para-hydroxylation sites is 1. The summed E-state index contributed by atoms with van der Waals surface area (Å²) in [5.74, 6) is -0.0379. The number of pyridine rings is 1. The van der Waals surface area contributed by atoms with Crippen LogP contribution in [0.4, 0.5) is 0 Å². The van der Waals surface area contributed by atoms with Crippen molar-refractivity contribution in [3.8, 4) is 0 Å². The zero-order valence-corrected chi connectivity index (χ0v) is 12.9. The highest BCUT2D eigenvalue weighted by atomic mass is 16.5. The molecule has 22 heavy (non-hydrogen) atoms. The maximum absolute atomic E-state index is 12.0. The van der Waals surface area contributed by atoms with Crippen molar-refractivity contribution in [3.63, 3.8) is 0 Å². The predicted octanol–water partition coefficient (Wildman–Crippen LogP) is 2.00. The lowest BCUT2D eigenvalue weighted by Crippen LogP contribution is -2.26. The topological polar surface area (TPSA) is 71.2 Å². The van der Waals surface area contributed by atoms with Crippen LogP contribution in [0.5, 0.6) is 0 Å². The smallest absolute Gasteiger partial charge is 0.251 e. The van der Waals surface area contributed by atoms with Crippen LogP contribution in [0, 0.1) is 0 Å². The van der Waals surface area contributed by atoms with Crippen molar-refractivity contribution in [2.75, 3.05) is 19.8 Å². The molecule has 0 aliphatic rings. The number of carbonyl (C=O) groups is 1. The second-order valence-electron chi connectivity index (χ2n) is 5.11. The van der Waals surface area contributed by atoms with Gasteiger partial charge in [0.1, 0.15) is 0 Å². The molecule has 0 saturated heterocycles. The number of carbonyl (C=O) groups excluding carboxylic acids is 1. The van der Waals surface area contributed by atoms with Crippen molar-refractivity contribution in [3.05, 3.63) is 46.2 Å². The molecule has 2 aromatic rings. The van der Waals surface area contributed by atoms with E-state index in [4.69, 9.17) is 4.74 Å². The van der Waals surface area contributed by atoms with Crippen molar-refractivity contribution >= 4 is 16.8 Å². The third-order valence-corrected chi connectivity index (χ3v) is 3.44. The number of H-pyrrole nitrogens is 1. The van der Waals surface area contributed by atoms with Crippen LogP contribution in [-0.4, -0.2) is 30.6 Å². The van der Waals surface area contributed by atoms with E-state index in [0.29, 0.717) is 38.2 Å². The molecule has 0 bridgehead atoms. The second kappa shape index (κ2) is 8.34. The minimum Gasteiger partial charge on any atom is -0.382 e. The van der Waals surface area contributed by atoms with Crippen molar-refractivity contribution in [1.82, 2.24) is 10.3 Å². The molecule has 5 nitrogen and oxygen atoms in total.